The molecule has 0 radical (unpaired) electrons. The SMILES string of the molecule is O=C(NCc1ccc(N2C(=O)C3C4C=CC(CC4)C3C2=O)cc1)Nc1ccc2ncccc2c1. The van der Waals surface area contributed by atoms with Crippen LogP contribution in [0.1, 0.15) is 18.4 Å². The summed E-state index contributed by atoms with van der Waals surface area (Å²) >= 11 is 0. The number of nitrogens with one attached hydrogen (secondary N) is 2. The van der Waals surface area contributed by atoms with Gasteiger partial charge in [-0.1, -0.05) is 30.4 Å². The highest BCUT2D eigenvalue weighted by molar-refractivity contribution is 6.22. The Morgan fingerprint density at radius 2 is 1.65 bits per heavy atom. The molecule has 4 unspecified atom stereocenters. The molecular formula is C27H24N4O3. The summed E-state index contributed by atoms with van der Waals surface area (Å²) in [4.78, 5) is 44.2. The monoisotopic (exact) mass is 452 g/mol. The Kier molecular flexibility index (Phi) is 4.90. The topological polar surface area (TPSA) is 91.4 Å². The Labute approximate surface area is 196 Å². The number of nitrogens with zero attached hydrogens (tertiary/aromatic N) is 2. The smallest absolute Gasteiger partial charge is 0.319 e. The van der Waals surface area contributed by atoms with Crippen molar-refractivity contribution >= 4 is 40.1 Å². The predicted octanol–water partition coefficient (Wildman–Crippen LogP) is 4.26. The second-order valence-corrected chi connectivity index (χ2v) is 9.24. The third-order valence-corrected chi connectivity index (χ3v) is 7.27. The van der Waals surface area contributed by atoms with Crippen molar-refractivity contribution in [3.63, 3.8) is 0 Å². The van der Waals surface area contributed by atoms with Crippen LogP contribution in [0.15, 0.2) is 72.9 Å². The van der Waals surface area contributed by atoms with E-state index in [2.05, 4.69) is 27.8 Å². The molecule has 4 aliphatic rings. The van der Waals surface area contributed by atoms with Crippen LogP contribution < -0.4 is 15.5 Å². The van der Waals surface area contributed by atoms with Gasteiger partial charge in [-0.15, -0.1) is 0 Å². The highest BCUT2D eigenvalue weighted by atomic mass is 16.2. The van der Waals surface area contributed by atoms with E-state index in [0.717, 1.165) is 29.3 Å². The van der Waals surface area contributed by atoms with Crippen molar-refractivity contribution in [1.29, 1.82) is 0 Å². The van der Waals surface area contributed by atoms with E-state index in [1.54, 1.807) is 18.3 Å². The standard InChI is InChI=1S/C27H24N4O3/c32-25-23-17-5-6-18(8-7-17)24(23)26(33)31(25)21-10-3-16(4-11-21)15-29-27(34)30-20-9-12-22-19(14-20)2-1-13-28-22/h1-6,9-14,17-18,23-24H,7-8,15H2,(H2,29,30,34). The molecule has 7 nitrogen and oxygen atoms in total. The predicted molar refractivity (Wildman–Crippen MR) is 129 cm³/mol. The number of pyridine rings is 1. The fourth-order valence-electron chi connectivity index (χ4n) is 5.60. The first-order chi connectivity index (χ1) is 16.6. The Balaban J connectivity index is 1.09. The number of fused-ring (bicyclic) bond motifs is 2. The lowest BCUT2D eigenvalue weighted by molar-refractivity contribution is -0.124. The number of hydrogen-bond acceptors (Lipinski definition) is 4. The van der Waals surface area contributed by atoms with E-state index in [9.17, 15) is 14.4 Å². The van der Waals surface area contributed by atoms with Crippen molar-refractivity contribution in [1.82, 2.24) is 10.3 Å². The third-order valence-electron chi connectivity index (χ3n) is 7.27. The number of benzene rings is 2. The molecule has 4 atom stereocenters. The molecule has 4 amide bonds. The summed E-state index contributed by atoms with van der Waals surface area (Å²) in [5.74, 6) is -0.233. The first-order valence-electron chi connectivity index (χ1n) is 11.6. The molecule has 1 saturated carbocycles. The minimum atomic E-state index is -0.315. The molecule has 170 valence electrons. The first kappa shape index (κ1) is 20.6. The van der Waals surface area contributed by atoms with Gasteiger partial charge >= 0.3 is 6.03 Å². The molecular weight excluding hydrogens is 428 g/mol. The summed E-state index contributed by atoms with van der Waals surface area (Å²) < 4.78 is 0. The Bertz CT molecular complexity index is 1300. The fourth-order valence-corrected chi connectivity index (χ4v) is 5.60. The summed E-state index contributed by atoms with van der Waals surface area (Å²) in [5, 5.41) is 6.62. The molecule has 0 spiro atoms. The lowest BCUT2D eigenvalue weighted by Gasteiger charge is -2.38. The van der Waals surface area contributed by atoms with Crippen molar-refractivity contribution < 1.29 is 14.4 Å². The Morgan fingerprint density at radius 1 is 0.941 bits per heavy atom. The van der Waals surface area contributed by atoms with Gasteiger partial charge < -0.3 is 10.6 Å². The number of anilines is 2. The molecule has 1 aromatic heterocycles. The second-order valence-electron chi connectivity index (χ2n) is 9.24. The van der Waals surface area contributed by atoms with Crippen LogP contribution in [0.3, 0.4) is 0 Å². The number of urea groups is 1. The number of hydrogen-bond donors (Lipinski definition) is 2. The van der Waals surface area contributed by atoms with Crippen molar-refractivity contribution in [3.8, 4) is 0 Å². The van der Waals surface area contributed by atoms with Crippen molar-refractivity contribution in [2.75, 3.05) is 10.2 Å². The lowest BCUT2D eigenvalue weighted by atomic mass is 9.63. The van der Waals surface area contributed by atoms with E-state index in [4.69, 9.17) is 0 Å². The quantitative estimate of drug-likeness (QED) is 0.457. The van der Waals surface area contributed by atoms with Gasteiger partial charge in [-0.25, -0.2) is 4.79 Å². The summed E-state index contributed by atoms with van der Waals surface area (Å²) in [7, 11) is 0. The summed E-state index contributed by atoms with van der Waals surface area (Å²) in [5.41, 5.74) is 3.03. The molecule has 7 rings (SSSR count). The van der Waals surface area contributed by atoms with E-state index in [0.29, 0.717) is 17.9 Å². The zero-order valence-corrected chi connectivity index (χ0v) is 18.5. The van der Waals surface area contributed by atoms with Crippen molar-refractivity contribution in [2.24, 2.45) is 23.7 Å². The maximum atomic E-state index is 13.1. The van der Waals surface area contributed by atoms with E-state index >= 15 is 0 Å². The number of aromatic nitrogens is 1. The maximum Gasteiger partial charge on any atom is 0.319 e. The molecule has 1 saturated heterocycles. The van der Waals surface area contributed by atoms with E-state index < -0.39 is 0 Å². The number of rotatable bonds is 4. The molecule has 34 heavy (non-hydrogen) atoms. The van der Waals surface area contributed by atoms with Crippen LogP contribution >= 0.6 is 0 Å². The van der Waals surface area contributed by atoms with Crippen LogP contribution in [-0.4, -0.2) is 22.8 Å². The van der Waals surface area contributed by atoms with Crippen LogP contribution in [0.25, 0.3) is 10.9 Å². The minimum Gasteiger partial charge on any atom is -0.334 e. The van der Waals surface area contributed by atoms with Gasteiger partial charge in [0.25, 0.3) is 0 Å². The zero-order chi connectivity index (χ0) is 23.2. The molecule has 2 heterocycles. The van der Waals surface area contributed by atoms with E-state index in [1.165, 1.54) is 4.90 Å². The second kappa shape index (κ2) is 8.09. The highest BCUT2D eigenvalue weighted by Crippen LogP contribution is 2.50. The van der Waals surface area contributed by atoms with Crippen molar-refractivity contribution in [2.45, 2.75) is 19.4 Å². The highest BCUT2D eigenvalue weighted by Gasteiger charge is 2.56. The van der Waals surface area contributed by atoms with E-state index in [1.807, 2.05) is 42.5 Å². The normalized spacial score (nSPS) is 25.0. The molecule has 2 bridgehead atoms. The van der Waals surface area contributed by atoms with Crippen LogP contribution in [0.2, 0.25) is 0 Å². The van der Waals surface area contributed by atoms with Crippen LogP contribution in [-0.2, 0) is 16.1 Å². The third kappa shape index (κ3) is 3.44. The number of carbonyl (C=O) groups is 3. The van der Waals surface area contributed by atoms with Gasteiger partial charge in [-0.3, -0.25) is 19.5 Å². The molecule has 1 aliphatic heterocycles. The zero-order valence-electron chi connectivity index (χ0n) is 18.5. The van der Waals surface area contributed by atoms with Gasteiger partial charge in [0.15, 0.2) is 0 Å². The lowest BCUT2D eigenvalue weighted by Crippen LogP contribution is -2.38. The first-order valence-corrected chi connectivity index (χ1v) is 11.6. The largest absolute Gasteiger partial charge is 0.334 e. The summed E-state index contributed by atoms with van der Waals surface area (Å²) in [6, 6.07) is 16.3. The molecule has 3 aliphatic carbocycles. The van der Waals surface area contributed by atoms with Gasteiger partial charge in [0, 0.05) is 23.8 Å². The minimum absolute atomic E-state index is 0.0788. The van der Waals surface area contributed by atoms with E-state index in [-0.39, 0.29) is 41.5 Å². The average molecular weight is 453 g/mol. The Hall–Kier alpha value is -4.00. The Morgan fingerprint density at radius 3 is 2.32 bits per heavy atom. The van der Waals surface area contributed by atoms with Gasteiger partial charge in [0.1, 0.15) is 0 Å². The molecule has 2 fully saturated rings. The molecule has 7 heteroatoms. The molecule has 2 N–H and O–H groups in total. The molecule has 3 aromatic rings. The van der Waals surface area contributed by atoms with Crippen LogP contribution in [0, 0.1) is 23.7 Å². The van der Waals surface area contributed by atoms with Crippen LogP contribution in [0.4, 0.5) is 16.2 Å². The van der Waals surface area contributed by atoms with Crippen LogP contribution in [0.5, 0.6) is 0 Å². The number of amides is 4. The maximum absolute atomic E-state index is 13.1. The summed E-state index contributed by atoms with van der Waals surface area (Å²) in [6.45, 7) is 0.322. The van der Waals surface area contributed by atoms with Crippen molar-refractivity contribution in [3.05, 3.63) is 78.5 Å². The fraction of sp³-hybridized carbons (Fsp3) is 0.259. The molecule has 2 aromatic carbocycles. The average Bonchev–Trinajstić information content (AvgIpc) is 3.16. The van der Waals surface area contributed by atoms with Gasteiger partial charge in [0.2, 0.25) is 11.8 Å². The van der Waals surface area contributed by atoms with Gasteiger partial charge in [0.05, 0.1) is 23.0 Å². The summed E-state index contributed by atoms with van der Waals surface area (Å²) in [6.07, 6.45) is 7.95. The van der Waals surface area contributed by atoms with Gasteiger partial charge in [-0.05, 0) is 66.6 Å². The number of allylic oxidation sites excluding steroid dienone is 2. The number of imide groups is 1. The van der Waals surface area contributed by atoms with Gasteiger partial charge in [-0.2, -0.15) is 0 Å². The number of carbonyl (C=O) groups excluding carboxylic acids is 3.